The molecule has 0 aliphatic rings. The summed E-state index contributed by atoms with van der Waals surface area (Å²) in [7, 11) is 0. The Kier molecular flexibility index (Phi) is 3.54. The standard InChI is InChI=1S/C19H14ClN7/c1-12-3-2-4-13(20)17(12)25-18-15-9-22-11-27(15)19-14(23-18)5-6-16(24-19)26-8-7-21-10-26/h2-11H,1H3,(H,23,25). The van der Waals surface area contributed by atoms with Gasteiger partial charge in [0.2, 0.25) is 0 Å². The van der Waals surface area contributed by atoms with Crippen molar-refractivity contribution in [2.45, 2.75) is 6.92 Å². The zero-order valence-electron chi connectivity index (χ0n) is 14.3. The van der Waals surface area contributed by atoms with Crippen LogP contribution < -0.4 is 5.32 Å². The number of nitrogens with one attached hydrogen (secondary N) is 1. The maximum Gasteiger partial charge on any atom is 0.167 e. The van der Waals surface area contributed by atoms with Gasteiger partial charge in [0.15, 0.2) is 11.5 Å². The van der Waals surface area contributed by atoms with Gasteiger partial charge in [0, 0.05) is 12.4 Å². The van der Waals surface area contributed by atoms with Crippen LogP contribution in [-0.4, -0.2) is 28.9 Å². The number of hydrogen-bond donors (Lipinski definition) is 1. The predicted octanol–water partition coefficient (Wildman–Crippen LogP) is 4.17. The highest BCUT2D eigenvalue weighted by atomic mass is 35.5. The molecule has 8 heteroatoms. The fourth-order valence-corrected chi connectivity index (χ4v) is 3.32. The molecule has 0 bridgehead atoms. The first-order valence-electron chi connectivity index (χ1n) is 8.34. The maximum atomic E-state index is 6.37. The molecule has 0 amide bonds. The number of hydrogen-bond acceptors (Lipinski definition) is 5. The van der Waals surface area contributed by atoms with Crippen molar-refractivity contribution < 1.29 is 0 Å². The Balaban J connectivity index is 1.70. The van der Waals surface area contributed by atoms with Crippen molar-refractivity contribution in [1.29, 1.82) is 0 Å². The number of aryl methyl sites for hydroxylation is 1. The van der Waals surface area contributed by atoms with Gasteiger partial charge in [-0.25, -0.2) is 19.9 Å². The number of halogens is 1. The van der Waals surface area contributed by atoms with Crippen LogP contribution in [0.1, 0.15) is 5.56 Å². The highest BCUT2D eigenvalue weighted by Crippen LogP contribution is 2.30. The summed E-state index contributed by atoms with van der Waals surface area (Å²) in [5.41, 5.74) is 4.15. The van der Waals surface area contributed by atoms with Gasteiger partial charge in [0.1, 0.15) is 29.5 Å². The molecule has 0 aliphatic carbocycles. The van der Waals surface area contributed by atoms with Crippen LogP contribution in [0.4, 0.5) is 11.5 Å². The Hall–Kier alpha value is -3.45. The molecule has 5 rings (SSSR count). The van der Waals surface area contributed by atoms with Gasteiger partial charge in [-0.1, -0.05) is 23.7 Å². The maximum absolute atomic E-state index is 6.37. The number of fused-ring (bicyclic) bond motifs is 3. The van der Waals surface area contributed by atoms with E-state index in [1.54, 1.807) is 25.0 Å². The van der Waals surface area contributed by atoms with E-state index in [0.717, 1.165) is 33.7 Å². The Labute approximate surface area is 159 Å². The Bertz CT molecular complexity index is 1250. The van der Waals surface area contributed by atoms with Gasteiger partial charge < -0.3 is 5.32 Å². The molecule has 132 valence electrons. The van der Waals surface area contributed by atoms with Gasteiger partial charge in [-0.05, 0) is 30.7 Å². The van der Waals surface area contributed by atoms with Crippen molar-refractivity contribution in [3.63, 3.8) is 0 Å². The molecular formula is C19H14ClN7. The van der Waals surface area contributed by atoms with Gasteiger partial charge in [-0.3, -0.25) is 8.97 Å². The van der Waals surface area contributed by atoms with E-state index >= 15 is 0 Å². The van der Waals surface area contributed by atoms with Crippen LogP contribution in [-0.2, 0) is 0 Å². The van der Waals surface area contributed by atoms with Gasteiger partial charge in [0.05, 0.1) is 16.9 Å². The molecule has 4 aromatic heterocycles. The predicted molar refractivity (Wildman–Crippen MR) is 105 cm³/mol. The SMILES string of the molecule is Cc1cccc(Cl)c1Nc1nc2ccc(-n3ccnc3)nc2n2cncc12. The van der Waals surface area contributed by atoms with E-state index in [1.165, 1.54) is 0 Å². The first-order chi connectivity index (χ1) is 13.2. The van der Waals surface area contributed by atoms with Crippen LogP contribution >= 0.6 is 11.6 Å². The number of anilines is 2. The van der Waals surface area contributed by atoms with Crippen LogP contribution in [0, 0.1) is 6.92 Å². The largest absolute Gasteiger partial charge is 0.337 e. The molecule has 0 saturated carbocycles. The lowest BCUT2D eigenvalue weighted by atomic mass is 10.2. The van der Waals surface area contributed by atoms with E-state index in [4.69, 9.17) is 21.6 Å². The first kappa shape index (κ1) is 15.8. The van der Waals surface area contributed by atoms with Gasteiger partial charge in [-0.15, -0.1) is 0 Å². The second-order valence-electron chi connectivity index (χ2n) is 6.15. The highest BCUT2D eigenvalue weighted by Gasteiger charge is 2.13. The van der Waals surface area contributed by atoms with Crippen LogP contribution in [0.2, 0.25) is 5.02 Å². The zero-order chi connectivity index (χ0) is 18.4. The normalized spacial score (nSPS) is 11.3. The Morgan fingerprint density at radius 3 is 2.78 bits per heavy atom. The Morgan fingerprint density at radius 2 is 1.96 bits per heavy atom. The van der Waals surface area contributed by atoms with E-state index in [2.05, 4.69) is 15.3 Å². The summed E-state index contributed by atoms with van der Waals surface area (Å²) in [6.45, 7) is 2.00. The third kappa shape index (κ3) is 2.60. The van der Waals surface area contributed by atoms with E-state index < -0.39 is 0 Å². The molecule has 4 heterocycles. The fourth-order valence-electron chi connectivity index (χ4n) is 3.05. The lowest BCUT2D eigenvalue weighted by Gasteiger charge is -2.13. The molecule has 0 aliphatic heterocycles. The van der Waals surface area contributed by atoms with Crippen LogP contribution in [0.5, 0.6) is 0 Å². The summed E-state index contributed by atoms with van der Waals surface area (Å²) >= 11 is 6.37. The minimum Gasteiger partial charge on any atom is -0.337 e. The number of para-hydroxylation sites is 1. The van der Waals surface area contributed by atoms with Crippen LogP contribution in [0.15, 0.2) is 61.6 Å². The molecule has 7 nitrogen and oxygen atoms in total. The average Bonchev–Trinajstić information content (AvgIpc) is 3.36. The van der Waals surface area contributed by atoms with Gasteiger partial charge in [-0.2, -0.15) is 0 Å². The smallest absolute Gasteiger partial charge is 0.167 e. The number of benzene rings is 1. The molecule has 0 fully saturated rings. The summed E-state index contributed by atoms with van der Waals surface area (Å²) in [6, 6.07) is 9.62. The zero-order valence-corrected chi connectivity index (χ0v) is 15.1. The molecule has 1 N–H and O–H groups in total. The van der Waals surface area contributed by atoms with Crippen molar-refractivity contribution in [3.8, 4) is 5.82 Å². The van der Waals surface area contributed by atoms with Gasteiger partial charge >= 0.3 is 0 Å². The van der Waals surface area contributed by atoms with Crippen LogP contribution in [0.25, 0.3) is 22.5 Å². The van der Waals surface area contributed by atoms with Crippen molar-refractivity contribution in [2.75, 3.05) is 5.32 Å². The van der Waals surface area contributed by atoms with Gasteiger partial charge in [0.25, 0.3) is 0 Å². The van der Waals surface area contributed by atoms with E-state index in [-0.39, 0.29) is 0 Å². The summed E-state index contributed by atoms with van der Waals surface area (Å²) in [5.74, 6) is 1.44. The number of rotatable bonds is 3. The molecule has 5 aromatic rings. The van der Waals surface area contributed by atoms with E-state index in [1.807, 2.05) is 52.4 Å². The molecule has 1 aromatic carbocycles. The first-order valence-corrected chi connectivity index (χ1v) is 8.72. The minimum atomic E-state index is 0.642. The molecule has 0 unspecified atom stereocenters. The van der Waals surface area contributed by atoms with Crippen molar-refractivity contribution in [1.82, 2.24) is 28.9 Å². The molecule has 0 saturated heterocycles. The second kappa shape index (κ2) is 6.07. The average molecular weight is 376 g/mol. The fraction of sp³-hybridized carbons (Fsp3) is 0.0526. The third-order valence-corrected chi connectivity index (χ3v) is 4.73. The second-order valence-corrected chi connectivity index (χ2v) is 6.56. The lowest BCUT2D eigenvalue weighted by Crippen LogP contribution is -2.03. The number of imidazole rings is 2. The topological polar surface area (TPSA) is 72.9 Å². The van der Waals surface area contributed by atoms with E-state index in [9.17, 15) is 0 Å². The highest BCUT2D eigenvalue weighted by molar-refractivity contribution is 6.33. The molecule has 0 radical (unpaired) electrons. The van der Waals surface area contributed by atoms with Crippen molar-refractivity contribution >= 4 is 39.8 Å². The summed E-state index contributed by atoms with van der Waals surface area (Å²) in [4.78, 5) is 17.8. The third-order valence-electron chi connectivity index (χ3n) is 4.42. The molecule has 27 heavy (non-hydrogen) atoms. The molecule has 0 atom stereocenters. The van der Waals surface area contributed by atoms with Crippen LogP contribution in [0.3, 0.4) is 0 Å². The lowest BCUT2D eigenvalue weighted by molar-refractivity contribution is 0.991. The van der Waals surface area contributed by atoms with Crippen molar-refractivity contribution in [3.05, 3.63) is 72.2 Å². The summed E-state index contributed by atoms with van der Waals surface area (Å²) in [6.07, 6.45) is 8.77. The van der Waals surface area contributed by atoms with E-state index in [0.29, 0.717) is 10.8 Å². The quantitative estimate of drug-likeness (QED) is 0.512. The number of aromatic nitrogens is 6. The summed E-state index contributed by atoms with van der Waals surface area (Å²) < 4.78 is 3.76. The molecule has 0 spiro atoms. The monoisotopic (exact) mass is 375 g/mol. The molecular weight excluding hydrogens is 362 g/mol. The minimum absolute atomic E-state index is 0.642. The summed E-state index contributed by atoms with van der Waals surface area (Å²) in [5, 5.41) is 4.00. The Morgan fingerprint density at radius 1 is 1.04 bits per heavy atom. The van der Waals surface area contributed by atoms with Crippen molar-refractivity contribution in [2.24, 2.45) is 0 Å². The number of nitrogens with zero attached hydrogens (tertiary/aromatic N) is 6. The number of pyridine rings is 1.